The predicted molar refractivity (Wildman–Crippen MR) is 92.2 cm³/mol. The summed E-state index contributed by atoms with van der Waals surface area (Å²) in [7, 11) is 0.609. The fourth-order valence-electron chi connectivity index (χ4n) is 2.80. The lowest BCUT2D eigenvalue weighted by Gasteiger charge is -2.42. The maximum atomic E-state index is 14.3. The van der Waals surface area contributed by atoms with Gasteiger partial charge >= 0.3 is 41.8 Å². The molecule has 0 aliphatic rings. The van der Waals surface area contributed by atoms with Crippen molar-refractivity contribution in [3.8, 4) is 0 Å². The third-order valence-corrected chi connectivity index (χ3v) is 5.01. The van der Waals surface area contributed by atoms with Crippen molar-refractivity contribution in [3.63, 3.8) is 0 Å². The molecule has 0 aliphatic heterocycles. The fourth-order valence-corrected chi connectivity index (χ4v) is 2.80. The van der Waals surface area contributed by atoms with E-state index in [0.29, 0.717) is 14.0 Å². The van der Waals surface area contributed by atoms with E-state index in [1.165, 1.54) is 6.92 Å². The molecule has 3 nitrogen and oxygen atoms in total. The average molecular weight is 540 g/mol. The first-order chi connectivity index (χ1) is 15.5. The summed E-state index contributed by atoms with van der Waals surface area (Å²) in [4.78, 5) is 11.6. The number of carbonyl (C=O) groups is 1. The first-order valence-corrected chi connectivity index (χ1v) is 9.25. The van der Waals surface area contributed by atoms with Gasteiger partial charge in [0, 0.05) is 7.11 Å². The van der Waals surface area contributed by atoms with Crippen LogP contribution in [0, 0.1) is 0 Å². The molecule has 0 saturated carbocycles. The van der Waals surface area contributed by atoms with Gasteiger partial charge in [-0.05, 0) is 31.5 Å². The van der Waals surface area contributed by atoms with Gasteiger partial charge in [0.2, 0.25) is 0 Å². The molecule has 1 atom stereocenters. The number of hydrogen-bond donors (Lipinski definition) is 0. The molecule has 0 radical (unpaired) electrons. The van der Waals surface area contributed by atoms with Crippen LogP contribution in [-0.4, -0.2) is 55.5 Å². The third-order valence-electron chi connectivity index (χ3n) is 5.01. The Morgan fingerprint density at radius 2 is 1.17 bits per heavy atom. The second-order valence-electron chi connectivity index (χ2n) is 7.41. The van der Waals surface area contributed by atoms with E-state index in [1.807, 2.05) is 0 Å². The molecule has 16 heteroatoms. The van der Waals surface area contributed by atoms with Crippen LogP contribution in [0.1, 0.15) is 36.2 Å². The molecule has 0 N–H and O–H groups in total. The van der Waals surface area contributed by atoms with Gasteiger partial charge < -0.3 is 9.47 Å². The summed E-state index contributed by atoms with van der Waals surface area (Å²) < 4.78 is 183. The summed E-state index contributed by atoms with van der Waals surface area (Å²) >= 11 is 0. The van der Waals surface area contributed by atoms with Crippen LogP contribution in [0.25, 0.3) is 0 Å². The van der Waals surface area contributed by atoms with Crippen LogP contribution in [0.15, 0.2) is 24.3 Å². The quantitative estimate of drug-likeness (QED) is 0.241. The van der Waals surface area contributed by atoms with Gasteiger partial charge in [-0.1, -0.05) is 12.1 Å². The van der Waals surface area contributed by atoms with Crippen molar-refractivity contribution in [2.24, 2.45) is 0 Å². The lowest BCUT2D eigenvalue weighted by atomic mass is 9.84. The van der Waals surface area contributed by atoms with Crippen LogP contribution in [0.4, 0.5) is 57.1 Å². The fraction of sp³-hybridized carbons (Fsp3) is 0.632. The van der Waals surface area contributed by atoms with E-state index in [2.05, 4.69) is 9.47 Å². The normalized spacial score (nSPS) is 16.1. The highest BCUT2D eigenvalue weighted by atomic mass is 19.4. The Morgan fingerprint density at radius 3 is 1.54 bits per heavy atom. The van der Waals surface area contributed by atoms with Gasteiger partial charge in [-0.15, -0.1) is 0 Å². The van der Waals surface area contributed by atoms with E-state index in [9.17, 15) is 61.9 Å². The van der Waals surface area contributed by atoms with Crippen LogP contribution in [0.3, 0.4) is 0 Å². The Hall–Kier alpha value is -2.26. The Labute approximate surface area is 189 Å². The molecule has 202 valence electrons. The largest absolute Gasteiger partial charge is 0.462 e. The topological polar surface area (TPSA) is 35.5 Å². The van der Waals surface area contributed by atoms with Crippen molar-refractivity contribution in [1.29, 1.82) is 0 Å². The number of hydrogen-bond acceptors (Lipinski definition) is 3. The number of methoxy groups -OCH3 is 1. The summed E-state index contributed by atoms with van der Waals surface area (Å²) in [5.41, 5.74) is -3.39. The molecule has 35 heavy (non-hydrogen) atoms. The molecular weight excluding hydrogens is 523 g/mol. The summed E-state index contributed by atoms with van der Waals surface area (Å²) in [6.07, 6.45) is -10.1. The predicted octanol–water partition coefficient (Wildman–Crippen LogP) is 6.85. The minimum atomic E-state index is -7.98. The molecule has 1 unspecified atom stereocenters. The Morgan fingerprint density at radius 1 is 0.743 bits per heavy atom. The molecule has 0 bridgehead atoms. The monoisotopic (exact) mass is 540 g/mol. The maximum Gasteiger partial charge on any atom is 0.460 e. The van der Waals surface area contributed by atoms with Crippen molar-refractivity contribution in [2.45, 2.75) is 61.7 Å². The lowest BCUT2D eigenvalue weighted by molar-refractivity contribution is -0.441. The summed E-state index contributed by atoms with van der Waals surface area (Å²) in [5.74, 6) is -38.3. The maximum absolute atomic E-state index is 14.3. The third kappa shape index (κ3) is 5.03. The molecule has 1 aromatic rings. The van der Waals surface area contributed by atoms with Crippen LogP contribution in [-0.2, 0) is 15.1 Å². The van der Waals surface area contributed by atoms with Gasteiger partial charge in [-0.25, -0.2) is 4.79 Å². The van der Waals surface area contributed by atoms with E-state index in [4.69, 9.17) is 0 Å². The second-order valence-corrected chi connectivity index (χ2v) is 7.41. The molecule has 0 aromatic heterocycles. The second kappa shape index (κ2) is 9.32. The summed E-state index contributed by atoms with van der Waals surface area (Å²) in [6, 6.07) is 3.50. The smallest absolute Gasteiger partial charge is 0.460 e. The molecule has 1 aromatic carbocycles. The molecule has 0 amide bonds. The van der Waals surface area contributed by atoms with Crippen molar-refractivity contribution in [2.75, 3.05) is 13.7 Å². The Kier molecular flexibility index (Phi) is 8.19. The molecule has 0 heterocycles. The number of benzene rings is 1. The molecule has 1 rings (SSSR count). The number of halogens is 13. The highest BCUT2D eigenvalue weighted by molar-refractivity contribution is 5.89. The lowest BCUT2D eigenvalue weighted by Crippen LogP contribution is -2.70. The van der Waals surface area contributed by atoms with E-state index >= 15 is 0 Å². The number of ether oxygens (including phenoxy) is 2. The van der Waals surface area contributed by atoms with Crippen molar-refractivity contribution in [1.82, 2.24) is 0 Å². The highest BCUT2D eigenvalue weighted by Gasteiger charge is 2.90. The van der Waals surface area contributed by atoms with Crippen LogP contribution in [0.2, 0.25) is 0 Å². The van der Waals surface area contributed by atoms with Gasteiger partial charge in [-0.2, -0.15) is 57.1 Å². The van der Waals surface area contributed by atoms with E-state index in [0.717, 1.165) is 24.3 Å². The van der Waals surface area contributed by atoms with Crippen LogP contribution >= 0.6 is 0 Å². The van der Waals surface area contributed by atoms with Gasteiger partial charge in [-0.3, -0.25) is 0 Å². The molecule has 0 spiro atoms. The number of alkyl halides is 13. The van der Waals surface area contributed by atoms with Crippen molar-refractivity contribution < 1.29 is 71.3 Å². The summed E-state index contributed by atoms with van der Waals surface area (Å²) in [5, 5.41) is 0. The van der Waals surface area contributed by atoms with E-state index in [-0.39, 0.29) is 12.2 Å². The SMILES string of the molecule is CCOC(=O)c1ccc(C(C)(CC(F)(F)C(F)(F)C(F)(F)C(F)(F)C(F)(F)C(F)(F)F)OC)cc1. The number of rotatable bonds is 10. The molecular formula is C19H17F13O3. The highest BCUT2D eigenvalue weighted by Crippen LogP contribution is 2.61. The van der Waals surface area contributed by atoms with Crippen molar-refractivity contribution in [3.05, 3.63) is 35.4 Å². The molecule has 0 saturated heterocycles. The Bertz CT molecular complexity index is 894. The van der Waals surface area contributed by atoms with Crippen LogP contribution < -0.4 is 0 Å². The first kappa shape index (κ1) is 30.8. The number of esters is 1. The van der Waals surface area contributed by atoms with Gasteiger partial charge in [0.1, 0.15) is 0 Å². The minimum Gasteiger partial charge on any atom is -0.462 e. The molecule has 0 fully saturated rings. The summed E-state index contributed by atoms with van der Waals surface area (Å²) in [6.45, 7) is 1.97. The Balaban J connectivity index is 3.45. The first-order valence-electron chi connectivity index (χ1n) is 9.25. The zero-order valence-corrected chi connectivity index (χ0v) is 17.9. The zero-order valence-electron chi connectivity index (χ0n) is 17.9. The van der Waals surface area contributed by atoms with E-state index in [1.54, 1.807) is 0 Å². The molecule has 0 aliphatic carbocycles. The van der Waals surface area contributed by atoms with Crippen LogP contribution in [0.5, 0.6) is 0 Å². The van der Waals surface area contributed by atoms with E-state index < -0.39 is 59.3 Å². The minimum absolute atomic E-state index is 0.0656. The standard InChI is InChI=1S/C19H17F13O3/c1-4-35-12(33)10-5-7-11(8-6-10)13(2,34-3)9-14(20,21)15(22,23)16(24,25)17(26,27)18(28,29)19(30,31)32/h5-8H,4,9H2,1-3H3. The number of carbonyl (C=O) groups excluding carboxylic acids is 1. The van der Waals surface area contributed by atoms with Gasteiger partial charge in [0.05, 0.1) is 24.2 Å². The van der Waals surface area contributed by atoms with Gasteiger partial charge in [0.15, 0.2) is 0 Å². The van der Waals surface area contributed by atoms with Gasteiger partial charge in [0.25, 0.3) is 0 Å². The van der Waals surface area contributed by atoms with Crippen molar-refractivity contribution >= 4 is 5.97 Å². The zero-order chi connectivity index (χ0) is 27.9. The average Bonchev–Trinajstić information content (AvgIpc) is 2.72.